The minimum Gasteiger partial charge on any atom is -0.381 e. The topological polar surface area (TPSA) is 41.6 Å². The average molecular weight is 252 g/mol. The molecule has 2 saturated heterocycles. The van der Waals surface area contributed by atoms with E-state index in [0.29, 0.717) is 17.7 Å². The van der Waals surface area contributed by atoms with E-state index in [1.54, 1.807) is 0 Å². The molecule has 102 valence electrons. The Kier molecular flexibility index (Phi) is 3.10. The van der Waals surface area contributed by atoms with E-state index in [9.17, 15) is 4.79 Å². The lowest BCUT2D eigenvalue weighted by Crippen LogP contribution is -2.42. The quantitative estimate of drug-likeness (QED) is 0.821. The highest BCUT2D eigenvalue weighted by atomic mass is 16.5. The van der Waals surface area contributed by atoms with Gasteiger partial charge in [0.05, 0.1) is 11.7 Å². The van der Waals surface area contributed by atoms with Gasteiger partial charge < -0.3 is 9.64 Å². The van der Waals surface area contributed by atoms with Gasteiger partial charge in [-0.15, -0.1) is 0 Å². The molecule has 2 atom stereocenters. The molecule has 0 aromatic rings. The van der Waals surface area contributed by atoms with E-state index in [2.05, 4.69) is 24.1 Å². The largest absolute Gasteiger partial charge is 0.381 e. The third-order valence-electron chi connectivity index (χ3n) is 4.61. The Labute approximate surface area is 109 Å². The van der Waals surface area contributed by atoms with Crippen LogP contribution < -0.4 is 5.32 Å². The van der Waals surface area contributed by atoms with E-state index < -0.39 is 0 Å². The lowest BCUT2D eigenvalue weighted by molar-refractivity contribution is -0.131. The molecule has 0 radical (unpaired) electrons. The van der Waals surface area contributed by atoms with Crippen molar-refractivity contribution in [3.8, 4) is 0 Å². The average Bonchev–Trinajstić information content (AvgIpc) is 2.81. The molecule has 1 amide bonds. The molecule has 0 aromatic heterocycles. The van der Waals surface area contributed by atoms with Gasteiger partial charge >= 0.3 is 0 Å². The first-order chi connectivity index (χ1) is 8.62. The molecular formula is C14H24N2O2. The molecular weight excluding hydrogens is 228 g/mol. The van der Waals surface area contributed by atoms with Crippen LogP contribution in [0.5, 0.6) is 0 Å². The molecule has 2 heterocycles. The van der Waals surface area contributed by atoms with Crippen LogP contribution >= 0.6 is 0 Å². The molecule has 4 heteroatoms. The minimum absolute atomic E-state index is 0.166. The summed E-state index contributed by atoms with van der Waals surface area (Å²) < 4.78 is 5.41. The first kappa shape index (κ1) is 12.4. The highest BCUT2D eigenvalue weighted by molar-refractivity contribution is 5.91. The minimum atomic E-state index is -0.166. The predicted octanol–water partition coefficient (Wildman–Crippen LogP) is 1.36. The van der Waals surface area contributed by atoms with Crippen LogP contribution in [0.15, 0.2) is 0 Å². The number of rotatable bonds is 4. The number of nitrogens with one attached hydrogen (secondary N) is 1. The second-order valence-electron chi connectivity index (χ2n) is 6.43. The van der Waals surface area contributed by atoms with Gasteiger partial charge in [0, 0.05) is 19.8 Å². The molecule has 1 saturated carbocycles. The van der Waals surface area contributed by atoms with Crippen LogP contribution in [-0.4, -0.2) is 42.3 Å². The summed E-state index contributed by atoms with van der Waals surface area (Å²) in [6.45, 7) is 7.06. The van der Waals surface area contributed by atoms with Gasteiger partial charge in [-0.3, -0.25) is 10.1 Å². The van der Waals surface area contributed by atoms with Gasteiger partial charge in [-0.1, -0.05) is 13.8 Å². The molecule has 3 fully saturated rings. The summed E-state index contributed by atoms with van der Waals surface area (Å²) in [6, 6.07) is 0. The number of ether oxygens (including phenoxy) is 1. The summed E-state index contributed by atoms with van der Waals surface area (Å²) in [5.41, 5.74) is -0.166. The molecule has 1 spiro atoms. The summed E-state index contributed by atoms with van der Waals surface area (Å²) >= 11 is 0. The summed E-state index contributed by atoms with van der Waals surface area (Å²) in [6.07, 6.45) is 4.54. The van der Waals surface area contributed by atoms with E-state index in [0.717, 1.165) is 45.4 Å². The number of amides is 1. The normalized spacial score (nSPS) is 33.9. The van der Waals surface area contributed by atoms with Gasteiger partial charge in [0.2, 0.25) is 5.91 Å². The van der Waals surface area contributed by atoms with Crippen LogP contribution in [0, 0.1) is 11.8 Å². The highest BCUT2D eigenvalue weighted by Crippen LogP contribution is 2.43. The third kappa shape index (κ3) is 2.05. The van der Waals surface area contributed by atoms with Crippen LogP contribution in [0.25, 0.3) is 0 Å². The van der Waals surface area contributed by atoms with Gasteiger partial charge in [0.15, 0.2) is 0 Å². The van der Waals surface area contributed by atoms with Crippen molar-refractivity contribution in [3.63, 3.8) is 0 Å². The Morgan fingerprint density at radius 3 is 2.83 bits per heavy atom. The van der Waals surface area contributed by atoms with Crippen molar-refractivity contribution < 1.29 is 9.53 Å². The van der Waals surface area contributed by atoms with Crippen molar-refractivity contribution in [2.75, 3.05) is 19.8 Å². The second kappa shape index (κ2) is 4.49. The van der Waals surface area contributed by atoms with Crippen LogP contribution in [0.2, 0.25) is 0 Å². The van der Waals surface area contributed by atoms with Crippen LogP contribution in [-0.2, 0) is 9.53 Å². The first-order valence-electron chi connectivity index (χ1n) is 7.29. The molecule has 2 unspecified atom stereocenters. The Morgan fingerprint density at radius 2 is 2.28 bits per heavy atom. The van der Waals surface area contributed by atoms with Crippen LogP contribution in [0.1, 0.15) is 39.5 Å². The van der Waals surface area contributed by atoms with Crippen LogP contribution in [0.4, 0.5) is 0 Å². The SMILES string of the molecule is CC(C)C1NC2(CC2)C(=O)N1CCC1CCOC1. The fraction of sp³-hybridized carbons (Fsp3) is 0.929. The monoisotopic (exact) mass is 252 g/mol. The molecule has 1 N–H and O–H groups in total. The Balaban J connectivity index is 1.62. The maximum Gasteiger partial charge on any atom is 0.244 e. The van der Waals surface area contributed by atoms with E-state index >= 15 is 0 Å². The number of carbonyl (C=O) groups excluding carboxylic acids is 1. The van der Waals surface area contributed by atoms with Gasteiger partial charge in [-0.25, -0.2) is 0 Å². The Bertz CT molecular complexity index is 333. The van der Waals surface area contributed by atoms with Crippen LogP contribution in [0.3, 0.4) is 0 Å². The van der Waals surface area contributed by atoms with Crippen molar-refractivity contribution in [1.29, 1.82) is 0 Å². The number of hydrogen-bond donors (Lipinski definition) is 1. The molecule has 3 aliphatic rings. The lowest BCUT2D eigenvalue weighted by atomic mass is 10.0. The summed E-state index contributed by atoms with van der Waals surface area (Å²) in [7, 11) is 0. The number of hydrogen-bond acceptors (Lipinski definition) is 3. The van der Waals surface area contributed by atoms with E-state index in [1.165, 1.54) is 0 Å². The number of carbonyl (C=O) groups is 1. The number of nitrogens with zero attached hydrogens (tertiary/aromatic N) is 1. The maximum absolute atomic E-state index is 12.4. The molecule has 4 nitrogen and oxygen atoms in total. The van der Waals surface area contributed by atoms with Crippen molar-refractivity contribution in [2.45, 2.75) is 51.2 Å². The molecule has 0 aromatic carbocycles. The van der Waals surface area contributed by atoms with Crippen molar-refractivity contribution in [2.24, 2.45) is 11.8 Å². The highest BCUT2D eigenvalue weighted by Gasteiger charge is 2.59. The summed E-state index contributed by atoms with van der Waals surface area (Å²) in [5.74, 6) is 1.48. The molecule has 3 rings (SSSR count). The zero-order chi connectivity index (χ0) is 12.8. The Hall–Kier alpha value is -0.610. The summed E-state index contributed by atoms with van der Waals surface area (Å²) in [4.78, 5) is 14.5. The third-order valence-corrected chi connectivity index (χ3v) is 4.61. The van der Waals surface area contributed by atoms with Crippen molar-refractivity contribution in [3.05, 3.63) is 0 Å². The van der Waals surface area contributed by atoms with Gasteiger partial charge in [0.25, 0.3) is 0 Å². The fourth-order valence-corrected chi connectivity index (χ4v) is 3.21. The van der Waals surface area contributed by atoms with Gasteiger partial charge in [-0.2, -0.15) is 0 Å². The van der Waals surface area contributed by atoms with Gasteiger partial charge in [-0.05, 0) is 37.5 Å². The van der Waals surface area contributed by atoms with E-state index in [1.807, 2.05) is 0 Å². The molecule has 0 bridgehead atoms. The maximum atomic E-state index is 12.4. The van der Waals surface area contributed by atoms with Crippen molar-refractivity contribution in [1.82, 2.24) is 10.2 Å². The van der Waals surface area contributed by atoms with E-state index in [4.69, 9.17) is 4.74 Å². The summed E-state index contributed by atoms with van der Waals surface area (Å²) in [5, 5.41) is 3.56. The molecule has 1 aliphatic carbocycles. The second-order valence-corrected chi connectivity index (χ2v) is 6.43. The standard InChI is InChI=1S/C14H24N2O2/c1-10(2)12-15-14(5-6-14)13(17)16(12)7-3-11-4-8-18-9-11/h10-12,15H,3-9H2,1-2H3. The van der Waals surface area contributed by atoms with Crippen molar-refractivity contribution >= 4 is 5.91 Å². The zero-order valence-corrected chi connectivity index (χ0v) is 11.4. The van der Waals surface area contributed by atoms with Gasteiger partial charge in [0.1, 0.15) is 0 Å². The molecule has 18 heavy (non-hydrogen) atoms. The van der Waals surface area contributed by atoms with E-state index in [-0.39, 0.29) is 11.7 Å². The smallest absolute Gasteiger partial charge is 0.244 e. The molecule has 2 aliphatic heterocycles. The zero-order valence-electron chi connectivity index (χ0n) is 11.4. The predicted molar refractivity (Wildman–Crippen MR) is 69.0 cm³/mol. The lowest BCUT2D eigenvalue weighted by Gasteiger charge is -2.28. The Morgan fingerprint density at radius 1 is 1.50 bits per heavy atom. The fourth-order valence-electron chi connectivity index (χ4n) is 3.21. The first-order valence-corrected chi connectivity index (χ1v) is 7.29.